The number of aryl methyl sites for hydroxylation is 2. The van der Waals surface area contributed by atoms with Gasteiger partial charge in [-0.1, -0.05) is 30.3 Å². The molecule has 4 nitrogen and oxygen atoms in total. The first-order chi connectivity index (χ1) is 12.3. The van der Waals surface area contributed by atoms with Gasteiger partial charge in [-0.05, 0) is 30.3 Å². The number of aromatic nitrogens is 4. The number of rotatable bonds is 0. The molecule has 3 aromatic heterocycles. The van der Waals surface area contributed by atoms with Gasteiger partial charge in [-0.25, -0.2) is 4.98 Å². The molecule has 0 aliphatic rings. The summed E-state index contributed by atoms with van der Waals surface area (Å²) in [7, 11) is 4.23. The van der Waals surface area contributed by atoms with Crippen molar-refractivity contribution in [1.29, 1.82) is 0 Å². The van der Waals surface area contributed by atoms with Crippen LogP contribution in [0, 0.1) is 0 Å². The first-order valence-electron chi connectivity index (χ1n) is 8.47. The van der Waals surface area contributed by atoms with Crippen molar-refractivity contribution in [2.45, 2.75) is 0 Å². The maximum atomic E-state index is 4.93. The topological polar surface area (TPSA) is 27.2 Å². The van der Waals surface area contributed by atoms with Crippen LogP contribution in [-0.2, 0) is 14.1 Å². The Balaban J connectivity index is 2.01. The van der Waals surface area contributed by atoms with E-state index in [1.54, 1.807) is 0 Å². The fraction of sp³-hybridized carbons (Fsp3) is 0.0952. The fourth-order valence-electron chi connectivity index (χ4n) is 4.31. The number of imidazole rings is 2. The quantitative estimate of drug-likeness (QED) is 0.400. The normalized spacial score (nSPS) is 12.4. The van der Waals surface area contributed by atoms with Crippen molar-refractivity contribution in [2.24, 2.45) is 14.1 Å². The van der Waals surface area contributed by atoms with E-state index in [1.807, 2.05) is 0 Å². The van der Waals surface area contributed by atoms with Crippen LogP contribution in [0.2, 0.25) is 0 Å². The second-order valence-electron chi connectivity index (χ2n) is 6.70. The molecule has 0 spiro atoms. The number of benzene rings is 3. The van der Waals surface area contributed by atoms with Crippen LogP contribution in [0.15, 0.2) is 60.7 Å². The summed E-state index contributed by atoms with van der Waals surface area (Å²) in [6, 6.07) is 21.4. The third kappa shape index (κ3) is 1.41. The molecule has 0 N–H and O–H groups in total. The van der Waals surface area contributed by atoms with Crippen molar-refractivity contribution in [3.63, 3.8) is 0 Å². The van der Waals surface area contributed by atoms with Gasteiger partial charge in [-0.15, -0.1) is 0 Å². The average molecular weight is 324 g/mol. The highest BCUT2D eigenvalue weighted by Gasteiger charge is 2.18. The molecule has 120 valence electrons. The summed E-state index contributed by atoms with van der Waals surface area (Å²) in [4.78, 5) is 4.93. The van der Waals surface area contributed by atoms with Crippen molar-refractivity contribution in [1.82, 2.24) is 18.5 Å². The van der Waals surface area contributed by atoms with E-state index in [0.717, 1.165) is 11.3 Å². The molecule has 0 aliphatic carbocycles. The summed E-state index contributed by atoms with van der Waals surface area (Å²) in [5.41, 5.74) is 7.10. The van der Waals surface area contributed by atoms with E-state index in [1.165, 1.54) is 38.4 Å². The third-order valence-corrected chi connectivity index (χ3v) is 5.45. The van der Waals surface area contributed by atoms with Gasteiger partial charge in [0.2, 0.25) is 5.78 Å². The minimum atomic E-state index is 0.981. The number of para-hydroxylation sites is 3. The van der Waals surface area contributed by atoms with Crippen LogP contribution >= 0.6 is 0 Å². The Bertz CT molecular complexity index is 1460. The lowest BCUT2D eigenvalue weighted by Gasteiger charge is -2.01. The Hall–Kier alpha value is -3.27. The summed E-state index contributed by atoms with van der Waals surface area (Å²) in [6.07, 6.45) is 0. The number of hydrogen-bond donors (Lipinski definition) is 0. The minimum Gasteiger partial charge on any atom is -0.342 e. The Kier molecular flexibility index (Phi) is 2.21. The van der Waals surface area contributed by atoms with E-state index >= 15 is 0 Å². The summed E-state index contributed by atoms with van der Waals surface area (Å²) < 4.78 is 6.76. The third-order valence-electron chi connectivity index (χ3n) is 5.45. The van der Waals surface area contributed by atoms with Crippen LogP contribution in [0.5, 0.6) is 0 Å². The molecule has 3 heterocycles. The lowest BCUT2D eigenvalue weighted by Crippen LogP contribution is -1.90. The average Bonchev–Trinajstić information content (AvgIpc) is 3.26. The number of fused-ring (bicyclic) bond motifs is 9. The fourth-order valence-corrected chi connectivity index (χ4v) is 4.31. The van der Waals surface area contributed by atoms with Gasteiger partial charge in [0, 0.05) is 30.4 Å². The molecule has 0 aliphatic heterocycles. The summed E-state index contributed by atoms with van der Waals surface area (Å²) in [5, 5.41) is 2.57. The maximum Gasteiger partial charge on any atom is 0.215 e. The predicted octanol–water partition coefficient (Wildman–Crippen LogP) is 4.62. The van der Waals surface area contributed by atoms with E-state index < -0.39 is 0 Å². The Morgan fingerprint density at radius 1 is 0.640 bits per heavy atom. The van der Waals surface area contributed by atoms with Gasteiger partial charge < -0.3 is 9.13 Å². The Morgan fingerprint density at radius 3 is 2.20 bits per heavy atom. The van der Waals surface area contributed by atoms with Gasteiger partial charge in [0.15, 0.2) is 0 Å². The van der Waals surface area contributed by atoms with Crippen LogP contribution < -0.4 is 0 Å². The highest BCUT2D eigenvalue weighted by atomic mass is 15.2. The van der Waals surface area contributed by atoms with Crippen LogP contribution in [0.25, 0.3) is 49.7 Å². The molecule has 6 aromatic rings. The van der Waals surface area contributed by atoms with Gasteiger partial charge in [-0.2, -0.15) is 0 Å². The molecule has 0 radical (unpaired) electrons. The molecule has 0 bridgehead atoms. The summed E-state index contributed by atoms with van der Waals surface area (Å²) in [5.74, 6) is 0.981. The van der Waals surface area contributed by atoms with Crippen molar-refractivity contribution >= 4 is 49.7 Å². The molecule has 0 unspecified atom stereocenters. The molecule has 0 atom stereocenters. The molecule has 3 aromatic carbocycles. The van der Waals surface area contributed by atoms with E-state index in [2.05, 4.69) is 88.3 Å². The van der Waals surface area contributed by atoms with Crippen molar-refractivity contribution in [3.05, 3.63) is 60.7 Å². The lowest BCUT2D eigenvalue weighted by atomic mass is 10.1. The molecule has 0 saturated carbocycles. The van der Waals surface area contributed by atoms with E-state index in [-0.39, 0.29) is 0 Å². The van der Waals surface area contributed by atoms with E-state index in [9.17, 15) is 0 Å². The number of nitrogens with zero attached hydrogens (tertiary/aromatic N) is 4. The zero-order valence-corrected chi connectivity index (χ0v) is 14.1. The van der Waals surface area contributed by atoms with Gasteiger partial charge in [0.05, 0.1) is 27.6 Å². The minimum absolute atomic E-state index is 0.981. The first kappa shape index (κ1) is 13.1. The zero-order chi connectivity index (χ0) is 16.7. The first-order valence-corrected chi connectivity index (χ1v) is 8.47. The largest absolute Gasteiger partial charge is 0.342 e. The maximum absolute atomic E-state index is 4.93. The van der Waals surface area contributed by atoms with E-state index in [4.69, 9.17) is 4.98 Å². The SMILES string of the molecule is Cn1c2ccccc2c2ccc3nc4n(C)c5ccccc5n4c3c21. The second-order valence-corrected chi connectivity index (χ2v) is 6.70. The Labute approximate surface area is 143 Å². The van der Waals surface area contributed by atoms with Gasteiger partial charge >= 0.3 is 0 Å². The Morgan fingerprint density at radius 2 is 1.36 bits per heavy atom. The molecule has 25 heavy (non-hydrogen) atoms. The molecule has 4 heteroatoms. The summed E-state index contributed by atoms with van der Waals surface area (Å²) in [6.45, 7) is 0. The highest BCUT2D eigenvalue weighted by Crippen LogP contribution is 2.35. The second kappa shape index (κ2) is 4.22. The highest BCUT2D eigenvalue weighted by molar-refractivity contribution is 6.17. The predicted molar refractivity (Wildman–Crippen MR) is 103 cm³/mol. The molecular weight excluding hydrogens is 308 g/mol. The molecular formula is C21H16N4. The monoisotopic (exact) mass is 324 g/mol. The van der Waals surface area contributed by atoms with Crippen molar-refractivity contribution in [3.8, 4) is 0 Å². The standard InChI is InChI=1S/C21H16N4/c1-23-16-8-4-3-7-13(16)14-11-12-15-20(19(14)23)25-18-10-6-5-9-17(18)24(2)21(25)22-15/h3-12H,1-2H3. The molecule has 6 rings (SSSR count). The van der Waals surface area contributed by atoms with Gasteiger partial charge in [0.25, 0.3) is 0 Å². The van der Waals surface area contributed by atoms with Gasteiger partial charge in [-0.3, -0.25) is 4.40 Å². The van der Waals surface area contributed by atoms with Crippen LogP contribution in [0.1, 0.15) is 0 Å². The van der Waals surface area contributed by atoms with Gasteiger partial charge in [0.1, 0.15) is 0 Å². The van der Waals surface area contributed by atoms with Crippen LogP contribution in [0.3, 0.4) is 0 Å². The van der Waals surface area contributed by atoms with Crippen LogP contribution in [0.4, 0.5) is 0 Å². The van der Waals surface area contributed by atoms with Crippen LogP contribution in [-0.4, -0.2) is 18.5 Å². The smallest absolute Gasteiger partial charge is 0.215 e. The van der Waals surface area contributed by atoms with Crippen molar-refractivity contribution < 1.29 is 0 Å². The molecule has 0 fully saturated rings. The number of hydrogen-bond acceptors (Lipinski definition) is 1. The zero-order valence-electron chi connectivity index (χ0n) is 14.1. The molecule has 0 amide bonds. The molecule has 0 saturated heterocycles. The van der Waals surface area contributed by atoms with E-state index in [0.29, 0.717) is 0 Å². The van der Waals surface area contributed by atoms with Crippen molar-refractivity contribution in [2.75, 3.05) is 0 Å². The summed E-state index contributed by atoms with van der Waals surface area (Å²) >= 11 is 0. The lowest BCUT2D eigenvalue weighted by molar-refractivity contribution is 0.973.